The lowest BCUT2D eigenvalue weighted by molar-refractivity contribution is -0.145. The fourth-order valence-corrected chi connectivity index (χ4v) is 2.60. The second kappa shape index (κ2) is 8.68. The van der Waals surface area contributed by atoms with Gasteiger partial charge in [0.1, 0.15) is 11.6 Å². The van der Waals surface area contributed by atoms with E-state index in [4.69, 9.17) is 9.47 Å². The maximum absolute atomic E-state index is 12.2. The summed E-state index contributed by atoms with van der Waals surface area (Å²) in [4.78, 5) is 25.4. The van der Waals surface area contributed by atoms with Gasteiger partial charge in [0.05, 0.1) is 7.11 Å². The fourth-order valence-electron chi connectivity index (χ4n) is 1.42. The van der Waals surface area contributed by atoms with E-state index in [-0.39, 0.29) is 0 Å². The van der Waals surface area contributed by atoms with Crippen LogP contribution in [0.25, 0.3) is 0 Å². The molecular formula is C12H22BrNO4S. The quantitative estimate of drug-likeness (QED) is 0.684. The third-order valence-corrected chi connectivity index (χ3v) is 3.40. The molecular weight excluding hydrogens is 334 g/mol. The lowest BCUT2D eigenvalue weighted by Crippen LogP contribution is -2.49. The van der Waals surface area contributed by atoms with Crippen molar-refractivity contribution < 1.29 is 19.1 Å². The molecule has 0 spiro atoms. The Morgan fingerprint density at radius 3 is 2.32 bits per heavy atom. The zero-order chi connectivity index (χ0) is 15.1. The van der Waals surface area contributed by atoms with Gasteiger partial charge in [-0.3, -0.25) is 4.90 Å². The van der Waals surface area contributed by atoms with Crippen LogP contribution in [0.5, 0.6) is 0 Å². The van der Waals surface area contributed by atoms with Crippen LogP contribution >= 0.6 is 25.0 Å². The zero-order valence-electron chi connectivity index (χ0n) is 12.1. The van der Waals surface area contributed by atoms with Crippen LogP contribution < -0.4 is 0 Å². The summed E-state index contributed by atoms with van der Waals surface area (Å²) in [5, 5.41) is 0. The molecule has 0 aliphatic heterocycles. The first-order valence-electron chi connectivity index (χ1n) is 6.07. The molecule has 0 saturated heterocycles. The van der Waals surface area contributed by atoms with E-state index in [2.05, 4.69) is 14.8 Å². The molecule has 0 aliphatic rings. The first-order valence-corrected chi connectivity index (χ1v) is 8.90. The van der Waals surface area contributed by atoms with Crippen molar-refractivity contribution in [2.24, 2.45) is 0 Å². The van der Waals surface area contributed by atoms with E-state index in [9.17, 15) is 9.59 Å². The van der Waals surface area contributed by atoms with Crippen molar-refractivity contribution in [1.29, 1.82) is 0 Å². The fraction of sp³-hybridized carbons (Fsp3) is 0.833. The standard InChI is InChI=1S/C12H22BrNO4S/c1-6-7-14(11(16)18-12(2,3)4)9(8-19-13)10(15)17-5/h9H,6-8H2,1-5H3/t9-/m0/s1. The Morgan fingerprint density at radius 1 is 1.37 bits per heavy atom. The van der Waals surface area contributed by atoms with Crippen molar-refractivity contribution in [1.82, 2.24) is 4.90 Å². The minimum atomic E-state index is -0.649. The largest absolute Gasteiger partial charge is 0.467 e. The molecule has 112 valence electrons. The SMILES string of the molecule is CCCN(C(=O)OC(C)(C)C)[C@@H](CSBr)C(=O)OC. The normalized spacial score (nSPS) is 12.7. The van der Waals surface area contributed by atoms with Crippen molar-refractivity contribution in [2.75, 3.05) is 19.4 Å². The Morgan fingerprint density at radius 2 is 1.95 bits per heavy atom. The summed E-state index contributed by atoms with van der Waals surface area (Å²) in [5.74, 6) is -0.0300. The molecule has 0 bridgehead atoms. The number of esters is 1. The van der Waals surface area contributed by atoms with Crippen LogP contribution in [0.15, 0.2) is 0 Å². The van der Waals surface area contributed by atoms with Gasteiger partial charge in [0, 0.05) is 12.3 Å². The average molecular weight is 356 g/mol. The highest BCUT2D eigenvalue weighted by Crippen LogP contribution is 2.19. The van der Waals surface area contributed by atoms with Crippen LogP contribution in [0.3, 0.4) is 0 Å². The summed E-state index contributed by atoms with van der Waals surface area (Å²) in [6, 6.07) is -0.649. The second-order valence-corrected chi connectivity index (χ2v) is 6.91. The number of carbonyl (C=O) groups is 2. The van der Waals surface area contributed by atoms with Gasteiger partial charge in [0.2, 0.25) is 0 Å². The van der Waals surface area contributed by atoms with Crippen molar-refractivity contribution >= 4 is 37.1 Å². The topological polar surface area (TPSA) is 55.8 Å². The molecule has 0 heterocycles. The minimum absolute atomic E-state index is 0.409. The molecule has 0 aromatic heterocycles. The lowest BCUT2D eigenvalue weighted by atomic mass is 10.2. The minimum Gasteiger partial charge on any atom is -0.467 e. The number of amides is 1. The molecule has 19 heavy (non-hydrogen) atoms. The predicted octanol–water partition coefficient (Wildman–Crippen LogP) is 3.22. The number of rotatable bonds is 6. The summed E-state index contributed by atoms with van der Waals surface area (Å²) in [5.41, 5.74) is -0.592. The van der Waals surface area contributed by atoms with Gasteiger partial charge in [0.25, 0.3) is 0 Å². The molecule has 0 radical (unpaired) electrons. The maximum Gasteiger partial charge on any atom is 0.411 e. The van der Waals surface area contributed by atoms with Gasteiger partial charge in [-0.2, -0.15) is 0 Å². The molecule has 0 aromatic carbocycles. The third kappa shape index (κ3) is 7.06. The number of hydrogen-bond acceptors (Lipinski definition) is 5. The summed E-state index contributed by atoms with van der Waals surface area (Å²) >= 11 is 3.21. The van der Waals surface area contributed by atoms with Crippen molar-refractivity contribution in [3.05, 3.63) is 0 Å². The van der Waals surface area contributed by atoms with Crippen LogP contribution in [0, 0.1) is 0 Å². The third-order valence-electron chi connectivity index (χ3n) is 2.16. The highest BCUT2D eigenvalue weighted by Gasteiger charge is 2.32. The summed E-state index contributed by atoms with van der Waals surface area (Å²) in [6.07, 6.45) is 0.242. The molecule has 0 N–H and O–H groups in total. The van der Waals surface area contributed by atoms with Crippen LogP contribution in [-0.2, 0) is 14.3 Å². The number of methoxy groups -OCH3 is 1. The summed E-state index contributed by atoms with van der Waals surface area (Å²) in [7, 11) is 2.62. The monoisotopic (exact) mass is 355 g/mol. The number of nitrogens with zero attached hydrogens (tertiary/aromatic N) is 1. The van der Waals surface area contributed by atoms with Gasteiger partial charge in [-0.15, -0.1) is 0 Å². The van der Waals surface area contributed by atoms with Crippen LogP contribution in [0.1, 0.15) is 34.1 Å². The first kappa shape index (κ1) is 18.6. The molecule has 5 nitrogen and oxygen atoms in total. The van der Waals surface area contributed by atoms with Gasteiger partial charge in [-0.1, -0.05) is 17.1 Å². The highest BCUT2D eigenvalue weighted by atomic mass is 79.9. The molecule has 1 atom stereocenters. The van der Waals surface area contributed by atoms with Gasteiger partial charge >= 0.3 is 12.1 Å². The number of halogens is 1. The maximum atomic E-state index is 12.2. The molecule has 0 saturated carbocycles. The smallest absolute Gasteiger partial charge is 0.411 e. The molecule has 0 aromatic rings. The van der Waals surface area contributed by atoms with E-state index >= 15 is 0 Å². The van der Waals surface area contributed by atoms with Gasteiger partial charge in [-0.25, -0.2) is 9.59 Å². The Kier molecular flexibility index (Phi) is 8.49. The molecule has 0 fully saturated rings. The summed E-state index contributed by atoms with van der Waals surface area (Å²) < 4.78 is 10.1. The Bertz CT molecular complexity index is 307. The van der Waals surface area contributed by atoms with E-state index in [0.717, 1.165) is 6.42 Å². The van der Waals surface area contributed by atoms with E-state index in [1.54, 1.807) is 20.8 Å². The van der Waals surface area contributed by atoms with Gasteiger partial charge in [-0.05, 0) is 42.0 Å². The summed E-state index contributed by atoms with van der Waals surface area (Å²) in [6.45, 7) is 7.76. The van der Waals surface area contributed by atoms with Crippen molar-refractivity contribution in [3.8, 4) is 0 Å². The molecule has 0 unspecified atom stereocenters. The number of carbonyl (C=O) groups excluding carboxylic acids is 2. The molecule has 7 heteroatoms. The van der Waals surface area contributed by atoms with Crippen LogP contribution in [0.4, 0.5) is 4.79 Å². The Balaban J connectivity index is 5.01. The van der Waals surface area contributed by atoms with Crippen molar-refractivity contribution in [2.45, 2.75) is 45.8 Å². The van der Waals surface area contributed by atoms with E-state index < -0.39 is 23.7 Å². The Hall–Kier alpha value is -0.430. The zero-order valence-corrected chi connectivity index (χ0v) is 14.5. The van der Waals surface area contributed by atoms with Gasteiger partial charge in [0.15, 0.2) is 0 Å². The number of ether oxygens (including phenoxy) is 2. The van der Waals surface area contributed by atoms with Crippen LogP contribution in [-0.4, -0.2) is 48.0 Å². The molecule has 0 rings (SSSR count). The first-order chi connectivity index (χ1) is 8.76. The van der Waals surface area contributed by atoms with Gasteiger partial charge < -0.3 is 9.47 Å². The lowest BCUT2D eigenvalue weighted by Gasteiger charge is -2.31. The molecule has 1 amide bonds. The van der Waals surface area contributed by atoms with E-state index in [1.807, 2.05) is 6.92 Å². The predicted molar refractivity (Wildman–Crippen MR) is 80.4 cm³/mol. The second-order valence-electron chi connectivity index (χ2n) is 4.99. The molecule has 0 aliphatic carbocycles. The Labute approximate surface area is 126 Å². The van der Waals surface area contributed by atoms with Crippen LogP contribution in [0.2, 0.25) is 0 Å². The van der Waals surface area contributed by atoms with Crippen molar-refractivity contribution in [3.63, 3.8) is 0 Å². The number of hydrogen-bond donors (Lipinski definition) is 0. The van der Waals surface area contributed by atoms with E-state index in [1.165, 1.54) is 22.2 Å². The highest BCUT2D eigenvalue weighted by molar-refractivity contribution is 9.50. The van der Waals surface area contributed by atoms with E-state index in [0.29, 0.717) is 12.3 Å². The average Bonchev–Trinajstić information content (AvgIpc) is 2.30.